The molecule has 1 atom stereocenters. The molecule has 2 heterocycles. The number of hydrogen-bond donors (Lipinski definition) is 1. The molecular formula is C19H23NOS. The largest absolute Gasteiger partial charge is 0.490 e. The predicted molar refractivity (Wildman–Crippen MR) is 94.7 cm³/mol. The number of benzene rings is 2. The molecule has 0 saturated carbocycles. The highest BCUT2D eigenvalue weighted by Gasteiger charge is 2.19. The molecule has 1 unspecified atom stereocenters. The summed E-state index contributed by atoms with van der Waals surface area (Å²) < 4.78 is 6.04. The van der Waals surface area contributed by atoms with Crippen LogP contribution in [0.15, 0.2) is 54.6 Å². The first-order chi connectivity index (χ1) is 10.9. The maximum Gasteiger partial charge on any atom is 0.122 e. The van der Waals surface area contributed by atoms with Gasteiger partial charge in [0.2, 0.25) is 0 Å². The van der Waals surface area contributed by atoms with Crippen LogP contribution in [0, 0.1) is 0 Å². The van der Waals surface area contributed by atoms with Crippen LogP contribution < -0.4 is 10.1 Å². The van der Waals surface area contributed by atoms with Crippen LogP contribution in [0.3, 0.4) is 0 Å². The average Bonchev–Trinajstić information content (AvgIpc) is 3.15. The molecule has 2 aliphatic rings. The molecule has 0 spiro atoms. The summed E-state index contributed by atoms with van der Waals surface area (Å²) >= 11 is 1.96. The van der Waals surface area contributed by atoms with E-state index in [0.29, 0.717) is 6.10 Å². The molecule has 4 rings (SSSR count). The van der Waals surface area contributed by atoms with Crippen LogP contribution in [0.2, 0.25) is 0 Å². The standard InChI is InChI=1S/C16H16O.C3H7NS/c1-2-6-13(7-3-1)12-15-11-10-14-8-4-5-9-16(14)17-15;1-2-5-3-4-1/h1-9,15H,10-12H2;4H,1-3H2. The molecule has 2 aromatic carbocycles. The second-order valence-electron chi connectivity index (χ2n) is 5.63. The van der Waals surface area contributed by atoms with Crippen LogP contribution in [0.4, 0.5) is 0 Å². The van der Waals surface area contributed by atoms with Gasteiger partial charge in [-0.15, -0.1) is 11.8 Å². The lowest BCUT2D eigenvalue weighted by Crippen LogP contribution is -2.24. The fourth-order valence-electron chi connectivity index (χ4n) is 2.76. The van der Waals surface area contributed by atoms with E-state index in [9.17, 15) is 0 Å². The summed E-state index contributed by atoms with van der Waals surface area (Å²) in [5, 5.41) is 3.19. The molecule has 1 fully saturated rings. The van der Waals surface area contributed by atoms with Crippen molar-refractivity contribution in [3.63, 3.8) is 0 Å². The molecule has 2 aromatic rings. The lowest BCUT2D eigenvalue weighted by molar-refractivity contribution is 0.174. The Morgan fingerprint density at radius 2 is 1.86 bits per heavy atom. The van der Waals surface area contributed by atoms with E-state index < -0.39 is 0 Å². The van der Waals surface area contributed by atoms with Crippen molar-refractivity contribution in [1.82, 2.24) is 5.32 Å². The van der Waals surface area contributed by atoms with Crippen molar-refractivity contribution in [2.75, 3.05) is 18.2 Å². The summed E-state index contributed by atoms with van der Waals surface area (Å²) in [6, 6.07) is 18.9. The van der Waals surface area contributed by atoms with E-state index in [2.05, 4.69) is 53.8 Å². The maximum absolute atomic E-state index is 6.04. The Hall–Kier alpha value is -1.45. The van der Waals surface area contributed by atoms with Gasteiger partial charge in [-0.05, 0) is 30.0 Å². The van der Waals surface area contributed by atoms with E-state index in [1.165, 1.54) is 29.3 Å². The molecule has 0 aliphatic carbocycles. The van der Waals surface area contributed by atoms with Crippen molar-refractivity contribution in [1.29, 1.82) is 0 Å². The second kappa shape index (κ2) is 8.25. The average molecular weight is 313 g/mol. The van der Waals surface area contributed by atoms with Gasteiger partial charge in [-0.25, -0.2) is 0 Å². The quantitative estimate of drug-likeness (QED) is 0.908. The smallest absolute Gasteiger partial charge is 0.122 e. The Balaban J connectivity index is 0.000000246. The van der Waals surface area contributed by atoms with Gasteiger partial charge in [0, 0.05) is 24.6 Å². The number of hydrogen-bond acceptors (Lipinski definition) is 3. The Morgan fingerprint density at radius 3 is 2.59 bits per heavy atom. The molecule has 116 valence electrons. The van der Waals surface area contributed by atoms with Gasteiger partial charge in [-0.2, -0.15) is 0 Å². The summed E-state index contributed by atoms with van der Waals surface area (Å²) in [6.07, 6.45) is 3.58. The molecule has 2 nitrogen and oxygen atoms in total. The first-order valence-electron chi connectivity index (χ1n) is 7.99. The summed E-state index contributed by atoms with van der Waals surface area (Å²) in [7, 11) is 0. The molecule has 1 N–H and O–H groups in total. The van der Waals surface area contributed by atoms with Crippen molar-refractivity contribution in [2.24, 2.45) is 0 Å². The predicted octanol–water partition coefficient (Wildman–Crippen LogP) is 3.90. The van der Waals surface area contributed by atoms with Gasteiger partial charge in [0.05, 0.1) is 0 Å². The van der Waals surface area contributed by atoms with Gasteiger partial charge in [0.25, 0.3) is 0 Å². The molecule has 0 amide bonds. The first kappa shape index (κ1) is 15.4. The van der Waals surface area contributed by atoms with E-state index in [-0.39, 0.29) is 0 Å². The molecule has 0 aromatic heterocycles. The third-order valence-electron chi connectivity index (χ3n) is 3.94. The Morgan fingerprint density at radius 1 is 1.05 bits per heavy atom. The zero-order valence-electron chi connectivity index (χ0n) is 12.8. The van der Waals surface area contributed by atoms with Crippen LogP contribution in [-0.4, -0.2) is 24.3 Å². The monoisotopic (exact) mass is 313 g/mol. The van der Waals surface area contributed by atoms with Crippen LogP contribution >= 0.6 is 11.8 Å². The highest BCUT2D eigenvalue weighted by Crippen LogP contribution is 2.28. The maximum atomic E-state index is 6.04. The topological polar surface area (TPSA) is 21.3 Å². The minimum atomic E-state index is 0.326. The number of para-hydroxylation sites is 1. The van der Waals surface area contributed by atoms with Gasteiger partial charge in [0.15, 0.2) is 0 Å². The third-order valence-corrected chi connectivity index (χ3v) is 4.84. The minimum Gasteiger partial charge on any atom is -0.490 e. The SMILES string of the molecule is C1CSCN1.c1ccc(CC2CCc3ccccc3O2)cc1. The number of fused-ring (bicyclic) bond motifs is 1. The second-order valence-corrected chi connectivity index (χ2v) is 6.73. The van der Waals surface area contributed by atoms with Gasteiger partial charge in [0.1, 0.15) is 11.9 Å². The van der Waals surface area contributed by atoms with Crippen LogP contribution in [0.5, 0.6) is 5.75 Å². The van der Waals surface area contributed by atoms with Crippen molar-refractivity contribution < 1.29 is 4.74 Å². The zero-order valence-corrected chi connectivity index (χ0v) is 13.6. The minimum absolute atomic E-state index is 0.326. The van der Waals surface area contributed by atoms with Crippen LogP contribution in [-0.2, 0) is 12.8 Å². The normalized spacial score (nSPS) is 19.5. The molecular weight excluding hydrogens is 290 g/mol. The van der Waals surface area contributed by atoms with E-state index in [1.807, 2.05) is 17.8 Å². The highest BCUT2D eigenvalue weighted by atomic mass is 32.2. The van der Waals surface area contributed by atoms with E-state index >= 15 is 0 Å². The molecule has 2 aliphatic heterocycles. The molecule has 0 bridgehead atoms. The number of aryl methyl sites for hydroxylation is 1. The third kappa shape index (κ3) is 4.52. The summed E-state index contributed by atoms with van der Waals surface area (Å²) in [6.45, 7) is 1.21. The fraction of sp³-hybridized carbons (Fsp3) is 0.368. The van der Waals surface area contributed by atoms with Gasteiger partial charge in [-0.3, -0.25) is 0 Å². The Kier molecular flexibility index (Phi) is 5.79. The lowest BCUT2D eigenvalue weighted by Gasteiger charge is -2.26. The molecule has 3 heteroatoms. The van der Waals surface area contributed by atoms with Crippen molar-refractivity contribution >= 4 is 11.8 Å². The van der Waals surface area contributed by atoms with Crippen molar-refractivity contribution in [2.45, 2.75) is 25.4 Å². The number of ether oxygens (including phenoxy) is 1. The van der Waals surface area contributed by atoms with Crippen LogP contribution in [0.1, 0.15) is 17.5 Å². The fourth-order valence-corrected chi connectivity index (χ4v) is 3.48. The molecule has 22 heavy (non-hydrogen) atoms. The molecule has 1 saturated heterocycles. The number of rotatable bonds is 2. The van der Waals surface area contributed by atoms with E-state index in [1.54, 1.807) is 0 Å². The van der Waals surface area contributed by atoms with E-state index in [4.69, 9.17) is 4.74 Å². The zero-order chi connectivity index (χ0) is 15.0. The lowest BCUT2D eigenvalue weighted by atomic mass is 9.98. The highest BCUT2D eigenvalue weighted by molar-refractivity contribution is 7.99. The molecule has 0 radical (unpaired) electrons. The summed E-state index contributed by atoms with van der Waals surface area (Å²) in [5.41, 5.74) is 2.70. The van der Waals surface area contributed by atoms with Gasteiger partial charge >= 0.3 is 0 Å². The van der Waals surface area contributed by atoms with Crippen molar-refractivity contribution in [3.8, 4) is 5.75 Å². The summed E-state index contributed by atoms with van der Waals surface area (Å²) in [5.74, 6) is 3.54. The first-order valence-corrected chi connectivity index (χ1v) is 9.14. The van der Waals surface area contributed by atoms with Crippen LogP contribution in [0.25, 0.3) is 0 Å². The number of thioether (sulfide) groups is 1. The van der Waals surface area contributed by atoms with Crippen molar-refractivity contribution in [3.05, 3.63) is 65.7 Å². The Labute approximate surface area is 137 Å². The van der Waals surface area contributed by atoms with Gasteiger partial charge in [-0.1, -0.05) is 48.5 Å². The number of nitrogens with one attached hydrogen (secondary N) is 1. The van der Waals surface area contributed by atoms with Gasteiger partial charge < -0.3 is 10.1 Å². The Bertz CT molecular complexity index is 561. The van der Waals surface area contributed by atoms with E-state index in [0.717, 1.165) is 25.0 Å². The summed E-state index contributed by atoms with van der Waals surface area (Å²) in [4.78, 5) is 0.